The molecule has 0 aromatic carbocycles. The minimum absolute atomic E-state index is 0.0191. The predicted molar refractivity (Wildman–Crippen MR) is 152 cm³/mol. The van der Waals surface area contributed by atoms with Gasteiger partial charge < -0.3 is 87.3 Å². The second kappa shape index (κ2) is 15.9. The lowest BCUT2D eigenvalue weighted by Gasteiger charge is -2.46. The Morgan fingerprint density at radius 3 is 2.07 bits per heavy atom. The van der Waals surface area contributed by atoms with Crippen LogP contribution in [0, 0.1) is 5.92 Å². The van der Waals surface area contributed by atoms with E-state index in [4.69, 9.17) is 56.5 Å². The average molecular weight is 640 g/mol. The summed E-state index contributed by atoms with van der Waals surface area (Å²) in [7, 11) is 0. The highest BCUT2D eigenvalue weighted by molar-refractivity contribution is 5.01. The Morgan fingerprint density at radius 2 is 1.41 bits per heavy atom. The number of ether oxygens (including phenoxy) is 6. The van der Waals surface area contributed by atoms with E-state index in [9.17, 15) is 25.5 Å². The summed E-state index contributed by atoms with van der Waals surface area (Å²) >= 11 is 0. The van der Waals surface area contributed by atoms with Crippen molar-refractivity contribution >= 4 is 0 Å². The minimum atomic E-state index is -1.48. The van der Waals surface area contributed by atoms with E-state index >= 15 is 0 Å². The smallest absolute Gasteiger partial charge is 0.187 e. The van der Waals surface area contributed by atoms with Crippen molar-refractivity contribution in [3.8, 4) is 0 Å². The summed E-state index contributed by atoms with van der Waals surface area (Å²) in [6.07, 6.45) is -12.7. The van der Waals surface area contributed by atoms with Gasteiger partial charge in [-0.25, -0.2) is 0 Å². The Kier molecular flexibility index (Phi) is 13.1. The summed E-state index contributed by atoms with van der Waals surface area (Å²) in [5.74, 6) is -0.710. The molecule has 1 aliphatic carbocycles. The van der Waals surface area contributed by atoms with Crippen molar-refractivity contribution in [2.75, 3.05) is 26.3 Å². The van der Waals surface area contributed by atoms with E-state index in [1.54, 1.807) is 6.92 Å². The van der Waals surface area contributed by atoms with Gasteiger partial charge in [-0.3, -0.25) is 0 Å². The lowest BCUT2D eigenvalue weighted by molar-refractivity contribution is -0.297. The standard InChI is InChI=1S/C27H53N5O12/c1-10-18(35)20(37)16(8-28)40-25(10)43-23-17(9-34)41-27(21(23)38)44-24-19(36)13(30)7-14(31)22(24)42-26-12(29)3-4-15(39-26)11(2)32-5-6-33/h10-27,32-38H,3-9,28-31H2,1-2H3. The highest BCUT2D eigenvalue weighted by Crippen LogP contribution is 2.35. The highest BCUT2D eigenvalue weighted by Gasteiger charge is 2.53. The molecule has 3 aliphatic heterocycles. The second-order valence-corrected chi connectivity index (χ2v) is 12.4. The highest BCUT2D eigenvalue weighted by atomic mass is 16.8. The molecule has 4 aliphatic rings. The summed E-state index contributed by atoms with van der Waals surface area (Å²) in [6.45, 7) is 3.27. The largest absolute Gasteiger partial charge is 0.395 e. The second-order valence-electron chi connectivity index (χ2n) is 12.4. The molecule has 0 bridgehead atoms. The number of hydrogen-bond acceptors (Lipinski definition) is 17. The van der Waals surface area contributed by atoms with Crippen molar-refractivity contribution in [1.82, 2.24) is 5.32 Å². The maximum Gasteiger partial charge on any atom is 0.187 e. The number of hydrogen-bond donors (Lipinski definition) is 11. The van der Waals surface area contributed by atoms with Crippen LogP contribution in [0.1, 0.15) is 33.1 Å². The molecular weight excluding hydrogens is 586 g/mol. The van der Waals surface area contributed by atoms with E-state index < -0.39 is 104 Å². The molecule has 0 spiro atoms. The fourth-order valence-corrected chi connectivity index (χ4v) is 6.38. The Morgan fingerprint density at radius 1 is 0.750 bits per heavy atom. The van der Waals surface area contributed by atoms with Crippen LogP contribution in [0.15, 0.2) is 0 Å². The minimum Gasteiger partial charge on any atom is -0.395 e. The van der Waals surface area contributed by atoms with Gasteiger partial charge in [0.05, 0.1) is 37.6 Å². The van der Waals surface area contributed by atoms with Gasteiger partial charge in [0.15, 0.2) is 18.9 Å². The van der Waals surface area contributed by atoms with Crippen LogP contribution in [0.3, 0.4) is 0 Å². The number of rotatable bonds is 12. The van der Waals surface area contributed by atoms with Crippen molar-refractivity contribution < 1.29 is 59.1 Å². The van der Waals surface area contributed by atoms with Crippen LogP contribution in [0.4, 0.5) is 0 Å². The molecule has 0 amide bonds. The first kappa shape index (κ1) is 36.2. The summed E-state index contributed by atoms with van der Waals surface area (Å²) in [5, 5.41) is 65.4. The molecular formula is C27H53N5O12. The zero-order chi connectivity index (χ0) is 32.3. The monoisotopic (exact) mass is 639 g/mol. The molecule has 4 fully saturated rings. The lowest BCUT2D eigenvalue weighted by Crippen LogP contribution is -2.65. The Labute approximate surface area is 257 Å². The topological polar surface area (TPSA) is 293 Å². The normalized spacial score (nSPS) is 49.2. The molecule has 18 atom stereocenters. The van der Waals surface area contributed by atoms with Crippen LogP contribution >= 0.6 is 0 Å². The van der Waals surface area contributed by atoms with Gasteiger partial charge in [0.25, 0.3) is 0 Å². The third-order valence-electron chi connectivity index (χ3n) is 9.23. The Bertz CT molecular complexity index is 883. The Balaban J connectivity index is 1.46. The first-order chi connectivity index (χ1) is 20.9. The average Bonchev–Trinajstić information content (AvgIpc) is 3.30. The van der Waals surface area contributed by atoms with Crippen molar-refractivity contribution in [2.24, 2.45) is 28.9 Å². The zero-order valence-electron chi connectivity index (χ0n) is 25.3. The van der Waals surface area contributed by atoms with Gasteiger partial charge in [-0.15, -0.1) is 0 Å². The zero-order valence-corrected chi connectivity index (χ0v) is 25.3. The van der Waals surface area contributed by atoms with Gasteiger partial charge in [-0.2, -0.15) is 0 Å². The predicted octanol–water partition coefficient (Wildman–Crippen LogP) is -5.52. The van der Waals surface area contributed by atoms with Crippen LogP contribution in [-0.4, -0.2) is 161 Å². The fraction of sp³-hybridized carbons (Fsp3) is 1.00. The number of aliphatic hydroxyl groups is 6. The van der Waals surface area contributed by atoms with Crippen LogP contribution in [0.2, 0.25) is 0 Å². The number of nitrogens with two attached hydrogens (primary N) is 4. The first-order valence-electron chi connectivity index (χ1n) is 15.5. The van der Waals surface area contributed by atoms with Crippen molar-refractivity contribution in [2.45, 2.75) is 137 Å². The maximum atomic E-state index is 11.2. The fourth-order valence-electron chi connectivity index (χ4n) is 6.38. The third-order valence-corrected chi connectivity index (χ3v) is 9.23. The molecule has 0 radical (unpaired) electrons. The molecule has 258 valence electrons. The van der Waals surface area contributed by atoms with Gasteiger partial charge >= 0.3 is 0 Å². The molecule has 3 heterocycles. The molecule has 1 saturated carbocycles. The third kappa shape index (κ3) is 7.88. The van der Waals surface area contributed by atoms with Crippen LogP contribution < -0.4 is 28.3 Å². The molecule has 15 N–H and O–H groups in total. The van der Waals surface area contributed by atoms with E-state index in [2.05, 4.69) is 5.32 Å². The van der Waals surface area contributed by atoms with Crippen LogP contribution in [0.5, 0.6) is 0 Å². The van der Waals surface area contributed by atoms with Crippen molar-refractivity contribution in [1.29, 1.82) is 0 Å². The lowest BCUT2D eigenvalue weighted by atomic mass is 9.84. The van der Waals surface area contributed by atoms with Crippen LogP contribution in [-0.2, 0) is 28.4 Å². The van der Waals surface area contributed by atoms with E-state index in [0.29, 0.717) is 19.4 Å². The van der Waals surface area contributed by atoms with E-state index in [0.717, 1.165) is 0 Å². The van der Waals surface area contributed by atoms with Gasteiger partial charge in [-0.05, 0) is 26.2 Å². The molecule has 3 saturated heterocycles. The molecule has 17 heteroatoms. The molecule has 0 aromatic heterocycles. The molecule has 17 nitrogen and oxygen atoms in total. The van der Waals surface area contributed by atoms with Gasteiger partial charge in [-0.1, -0.05) is 6.92 Å². The van der Waals surface area contributed by atoms with E-state index in [-0.39, 0.29) is 31.7 Å². The summed E-state index contributed by atoms with van der Waals surface area (Å²) in [4.78, 5) is 0. The molecule has 0 aromatic rings. The Hall–Kier alpha value is -0.680. The molecule has 4 rings (SSSR count). The van der Waals surface area contributed by atoms with E-state index in [1.165, 1.54) is 0 Å². The van der Waals surface area contributed by atoms with Crippen molar-refractivity contribution in [3.05, 3.63) is 0 Å². The van der Waals surface area contributed by atoms with Gasteiger partial charge in [0, 0.05) is 37.1 Å². The van der Waals surface area contributed by atoms with E-state index in [1.807, 2.05) is 6.92 Å². The maximum absolute atomic E-state index is 11.2. The number of aliphatic hydroxyl groups excluding tert-OH is 6. The quantitative estimate of drug-likeness (QED) is 0.0949. The van der Waals surface area contributed by atoms with Gasteiger partial charge in [0.1, 0.15) is 42.7 Å². The molecule has 44 heavy (non-hydrogen) atoms. The molecule has 18 unspecified atom stereocenters. The summed E-state index contributed by atoms with van der Waals surface area (Å²) in [6, 6.07) is -2.06. The summed E-state index contributed by atoms with van der Waals surface area (Å²) < 4.78 is 36.1. The van der Waals surface area contributed by atoms with Crippen molar-refractivity contribution in [3.63, 3.8) is 0 Å². The number of nitrogens with one attached hydrogen (secondary N) is 1. The summed E-state index contributed by atoms with van der Waals surface area (Å²) in [5.41, 5.74) is 24.7. The van der Waals surface area contributed by atoms with Crippen LogP contribution in [0.25, 0.3) is 0 Å². The van der Waals surface area contributed by atoms with Gasteiger partial charge in [0.2, 0.25) is 0 Å². The SMILES string of the molecule is CC(NCCO)C1CCC(N)C(OC2C(N)CC(N)C(O)C2OC2OC(CO)C(OC3OC(CN)C(O)C(O)C3C)C2O)O1. The first-order valence-corrected chi connectivity index (χ1v) is 15.5.